The van der Waals surface area contributed by atoms with Crippen molar-refractivity contribution in [1.29, 1.82) is 0 Å². The smallest absolute Gasteiger partial charge is 0.252 e. The zero-order valence-electron chi connectivity index (χ0n) is 11.2. The minimum absolute atomic E-state index is 0.131. The first-order valence-electron chi connectivity index (χ1n) is 6.77. The third-order valence-electron chi connectivity index (χ3n) is 3.86. The molecule has 1 aromatic carbocycles. The van der Waals surface area contributed by atoms with Gasteiger partial charge in [0.15, 0.2) is 0 Å². The van der Waals surface area contributed by atoms with Crippen molar-refractivity contribution < 1.29 is 15.0 Å². The van der Waals surface area contributed by atoms with Crippen molar-refractivity contribution in [2.45, 2.75) is 44.3 Å². The molecule has 1 aromatic rings. The van der Waals surface area contributed by atoms with Gasteiger partial charge < -0.3 is 15.5 Å². The number of carbonyl (C=O) groups excluding carboxylic acids is 1. The number of benzene rings is 1. The molecule has 0 radical (unpaired) electrons. The predicted molar refractivity (Wildman–Crippen MR) is 72.6 cm³/mol. The summed E-state index contributed by atoms with van der Waals surface area (Å²) in [6, 6.07) is 7.53. The fourth-order valence-corrected chi connectivity index (χ4v) is 2.61. The minimum atomic E-state index is -1.23. The zero-order valence-corrected chi connectivity index (χ0v) is 11.2. The van der Waals surface area contributed by atoms with Crippen molar-refractivity contribution in [3.05, 3.63) is 35.4 Å². The summed E-state index contributed by atoms with van der Waals surface area (Å²) in [6.07, 6.45) is 2.04. The fourth-order valence-electron chi connectivity index (χ4n) is 2.61. The van der Waals surface area contributed by atoms with E-state index in [0.29, 0.717) is 12.8 Å². The molecule has 0 spiro atoms. The second-order valence-electron chi connectivity index (χ2n) is 5.32. The highest BCUT2D eigenvalue weighted by molar-refractivity contribution is 5.85. The molecule has 1 fully saturated rings. The number of aryl methyl sites for hydroxylation is 1. The molecule has 3 N–H and O–H groups in total. The average Bonchev–Trinajstić information content (AvgIpc) is 2.84. The van der Waals surface area contributed by atoms with Gasteiger partial charge >= 0.3 is 0 Å². The maximum Gasteiger partial charge on any atom is 0.252 e. The highest BCUT2D eigenvalue weighted by atomic mass is 16.3. The molecular formula is C15H21NO3. The summed E-state index contributed by atoms with van der Waals surface area (Å²) in [7, 11) is 0. The molecule has 1 unspecified atom stereocenters. The van der Waals surface area contributed by atoms with Crippen LogP contribution in [0.3, 0.4) is 0 Å². The van der Waals surface area contributed by atoms with Gasteiger partial charge in [0.25, 0.3) is 5.91 Å². The van der Waals surface area contributed by atoms with Crippen LogP contribution in [0.5, 0.6) is 0 Å². The number of amides is 1. The SMILES string of the molecule is Cc1ccccc1C(O)CNC(=O)C1(O)CCCC1. The molecule has 19 heavy (non-hydrogen) atoms. The molecule has 0 aromatic heterocycles. The Morgan fingerprint density at radius 3 is 2.63 bits per heavy atom. The number of aliphatic hydroxyl groups excluding tert-OH is 1. The van der Waals surface area contributed by atoms with E-state index in [1.807, 2.05) is 31.2 Å². The lowest BCUT2D eigenvalue weighted by Crippen LogP contribution is -2.45. The number of hydrogen-bond donors (Lipinski definition) is 3. The number of nitrogens with one attached hydrogen (secondary N) is 1. The van der Waals surface area contributed by atoms with E-state index in [0.717, 1.165) is 24.0 Å². The van der Waals surface area contributed by atoms with Gasteiger partial charge in [-0.3, -0.25) is 4.79 Å². The third kappa shape index (κ3) is 3.14. The van der Waals surface area contributed by atoms with Gasteiger partial charge in [0, 0.05) is 6.54 Å². The number of rotatable bonds is 4. The van der Waals surface area contributed by atoms with E-state index in [1.54, 1.807) is 0 Å². The van der Waals surface area contributed by atoms with Crippen molar-refractivity contribution in [3.63, 3.8) is 0 Å². The van der Waals surface area contributed by atoms with Crippen LogP contribution in [-0.4, -0.2) is 28.3 Å². The molecule has 0 aliphatic heterocycles. The molecule has 0 saturated heterocycles. The Morgan fingerprint density at radius 2 is 2.00 bits per heavy atom. The summed E-state index contributed by atoms with van der Waals surface area (Å²) < 4.78 is 0. The van der Waals surface area contributed by atoms with Gasteiger partial charge in [-0.05, 0) is 43.7 Å². The molecular weight excluding hydrogens is 242 g/mol. The third-order valence-corrected chi connectivity index (χ3v) is 3.86. The maximum absolute atomic E-state index is 11.9. The van der Waals surface area contributed by atoms with Crippen molar-refractivity contribution in [1.82, 2.24) is 5.32 Å². The lowest BCUT2D eigenvalue weighted by molar-refractivity contribution is -0.139. The fraction of sp³-hybridized carbons (Fsp3) is 0.533. The van der Waals surface area contributed by atoms with Crippen LogP contribution in [0.25, 0.3) is 0 Å². The van der Waals surface area contributed by atoms with Gasteiger partial charge in [-0.2, -0.15) is 0 Å². The van der Waals surface area contributed by atoms with Gasteiger partial charge in [-0.15, -0.1) is 0 Å². The number of aliphatic hydroxyl groups is 2. The Bertz CT molecular complexity index is 452. The van der Waals surface area contributed by atoms with Crippen molar-refractivity contribution >= 4 is 5.91 Å². The summed E-state index contributed by atoms with van der Waals surface area (Å²) in [5.41, 5.74) is 0.566. The van der Waals surface area contributed by atoms with E-state index in [4.69, 9.17) is 0 Å². The Labute approximate surface area is 113 Å². The Morgan fingerprint density at radius 1 is 1.37 bits per heavy atom. The van der Waals surface area contributed by atoms with Crippen molar-refractivity contribution in [2.24, 2.45) is 0 Å². The van der Waals surface area contributed by atoms with Crippen LogP contribution in [-0.2, 0) is 4.79 Å². The van der Waals surface area contributed by atoms with Crippen molar-refractivity contribution in [2.75, 3.05) is 6.54 Å². The quantitative estimate of drug-likeness (QED) is 0.770. The highest BCUT2D eigenvalue weighted by Gasteiger charge is 2.38. The van der Waals surface area contributed by atoms with Crippen molar-refractivity contribution in [3.8, 4) is 0 Å². The van der Waals surface area contributed by atoms with E-state index in [9.17, 15) is 15.0 Å². The maximum atomic E-state index is 11.9. The monoisotopic (exact) mass is 263 g/mol. The largest absolute Gasteiger partial charge is 0.387 e. The van der Waals surface area contributed by atoms with E-state index in [1.165, 1.54) is 0 Å². The van der Waals surface area contributed by atoms with E-state index in [2.05, 4.69) is 5.32 Å². The Kier molecular flexibility index (Phi) is 4.22. The summed E-state index contributed by atoms with van der Waals surface area (Å²) in [5.74, 6) is -0.363. The molecule has 104 valence electrons. The predicted octanol–water partition coefficient (Wildman–Crippen LogP) is 1.45. The first kappa shape index (κ1) is 14.0. The van der Waals surface area contributed by atoms with Crippen LogP contribution >= 0.6 is 0 Å². The second-order valence-corrected chi connectivity index (χ2v) is 5.32. The molecule has 2 rings (SSSR count). The van der Waals surface area contributed by atoms with Gasteiger partial charge in [0.05, 0.1) is 6.10 Å². The van der Waals surface area contributed by atoms with E-state index < -0.39 is 11.7 Å². The molecule has 0 heterocycles. The lowest BCUT2D eigenvalue weighted by Gasteiger charge is -2.22. The van der Waals surface area contributed by atoms with Gasteiger partial charge in [-0.1, -0.05) is 24.3 Å². The van der Waals surface area contributed by atoms with Crippen LogP contribution in [0.2, 0.25) is 0 Å². The molecule has 4 heteroatoms. The van der Waals surface area contributed by atoms with Crippen LogP contribution < -0.4 is 5.32 Å². The first-order chi connectivity index (χ1) is 9.03. The van der Waals surface area contributed by atoms with Gasteiger partial charge in [0.2, 0.25) is 0 Å². The highest BCUT2D eigenvalue weighted by Crippen LogP contribution is 2.29. The molecule has 1 aliphatic rings. The summed E-state index contributed by atoms with van der Waals surface area (Å²) in [4.78, 5) is 11.9. The van der Waals surface area contributed by atoms with E-state index in [-0.39, 0.29) is 12.5 Å². The number of carbonyl (C=O) groups is 1. The molecule has 1 amide bonds. The summed E-state index contributed by atoms with van der Waals surface area (Å²) >= 11 is 0. The van der Waals surface area contributed by atoms with Crippen LogP contribution in [0.1, 0.15) is 42.9 Å². The topological polar surface area (TPSA) is 69.6 Å². The minimum Gasteiger partial charge on any atom is -0.387 e. The first-order valence-corrected chi connectivity index (χ1v) is 6.77. The lowest BCUT2D eigenvalue weighted by atomic mass is 10.0. The molecule has 0 bridgehead atoms. The average molecular weight is 263 g/mol. The zero-order chi connectivity index (χ0) is 13.9. The number of hydrogen-bond acceptors (Lipinski definition) is 3. The van der Waals surface area contributed by atoms with Gasteiger partial charge in [0.1, 0.15) is 5.60 Å². The Hall–Kier alpha value is -1.39. The van der Waals surface area contributed by atoms with Crippen LogP contribution in [0, 0.1) is 6.92 Å². The second kappa shape index (κ2) is 5.72. The normalized spacial score (nSPS) is 19.1. The summed E-state index contributed by atoms with van der Waals surface area (Å²) in [5, 5.41) is 22.8. The standard InChI is InChI=1S/C15H21NO3/c1-11-6-2-3-7-12(11)13(17)10-16-14(18)15(19)8-4-5-9-15/h2-3,6-7,13,17,19H,4-5,8-10H2,1H3,(H,16,18). The van der Waals surface area contributed by atoms with E-state index >= 15 is 0 Å². The van der Waals surface area contributed by atoms with Crippen LogP contribution in [0.4, 0.5) is 0 Å². The Balaban J connectivity index is 1.92. The molecule has 1 atom stereocenters. The van der Waals surface area contributed by atoms with Crippen LogP contribution in [0.15, 0.2) is 24.3 Å². The van der Waals surface area contributed by atoms with Gasteiger partial charge in [-0.25, -0.2) is 0 Å². The summed E-state index contributed by atoms with van der Waals surface area (Å²) in [6.45, 7) is 2.05. The molecule has 1 saturated carbocycles. The molecule has 1 aliphatic carbocycles. The molecule has 4 nitrogen and oxygen atoms in total.